The summed E-state index contributed by atoms with van der Waals surface area (Å²) in [6.07, 6.45) is 6.26. The topological polar surface area (TPSA) is 15.3 Å². The first-order valence-corrected chi connectivity index (χ1v) is 8.00. The summed E-state index contributed by atoms with van der Waals surface area (Å²) in [6, 6.07) is 5.54. The molecule has 0 aliphatic carbocycles. The lowest BCUT2D eigenvalue weighted by molar-refractivity contribution is 0.273. The fourth-order valence-electron chi connectivity index (χ4n) is 2.80. The quantitative estimate of drug-likeness (QED) is 0.798. The molecule has 0 spiro atoms. The van der Waals surface area contributed by atoms with E-state index < -0.39 is 0 Å². The van der Waals surface area contributed by atoms with E-state index in [1.54, 1.807) is 6.07 Å². The Morgan fingerprint density at radius 3 is 2.60 bits per heavy atom. The van der Waals surface area contributed by atoms with Gasteiger partial charge in [0.1, 0.15) is 5.82 Å². The van der Waals surface area contributed by atoms with Crippen molar-refractivity contribution in [3.8, 4) is 0 Å². The van der Waals surface area contributed by atoms with Crippen molar-refractivity contribution in [1.82, 2.24) is 10.2 Å². The third-order valence-electron chi connectivity index (χ3n) is 3.96. The fourth-order valence-corrected chi connectivity index (χ4v) is 2.80. The summed E-state index contributed by atoms with van der Waals surface area (Å²) in [6.45, 7) is 6.98. The maximum atomic E-state index is 14.0. The number of likely N-dealkylation sites (tertiary alicyclic amines) is 1. The van der Waals surface area contributed by atoms with E-state index in [0.29, 0.717) is 0 Å². The van der Waals surface area contributed by atoms with Gasteiger partial charge in [-0.25, -0.2) is 4.39 Å². The lowest BCUT2D eigenvalue weighted by atomic mass is 10.1. The van der Waals surface area contributed by atoms with Crippen LogP contribution < -0.4 is 5.32 Å². The lowest BCUT2D eigenvalue weighted by Crippen LogP contribution is -2.24. The van der Waals surface area contributed by atoms with E-state index in [2.05, 4.69) is 17.1 Å². The summed E-state index contributed by atoms with van der Waals surface area (Å²) in [7, 11) is 0. The minimum absolute atomic E-state index is 0.0616. The normalized spacial score (nSPS) is 17.1. The molecule has 20 heavy (non-hydrogen) atoms. The smallest absolute Gasteiger partial charge is 0.127 e. The summed E-state index contributed by atoms with van der Waals surface area (Å²) in [4.78, 5) is 2.40. The van der Waals surface area contributed by atoms with Crippen LogP contribution in [0.4, 0.5) is 4.39 Å². The van der Waals surface area contributed by atoms with Gasteiger partial charge in [0, 0.05) is 18.7 Å². The van der Waals surface area contributed by atoms with Gasteiger partial charge in [0.15, 0.2) is 0 Å². The van der Waals surface area contributed by atoms with Crippen LogP contribution in [0.5, 0.6) is 0 Å². The van der Waals surface area contributed by atoms with E-state index >= 15 is 0 Å². The molecule has 0 unspecified atom stereocenters. The fraction of sp³-hybridized carbons (Fsp3) is 0.647. The molecule has 1 N–H and O–H groups in total. The SMILES string of the molecule is CCCNCc1ccc(F)c(CN2CCCCCC2)c1. The standard InChI is InChI=1S/C17H27FN2/c1-2-9-19-13-15-7-8-17(18)16(12-15)14-20-10-5-3-4-6-11-20/h7-8,12,19H,2-6,9-11,13-14H2,1H3. The molecular formula is C17H27FN2. The molecule has 0 atom stereocenters. The highest BCUT2D eigenvalue weighted by molar-refractivity contribution is 5.25. The molecule has 0 bridgehead atoms. The van der Waals surface area contributed by atoms with Crippen molar-refractivity contribution in [1.29, 1.82) is 0 Å². The Kier molecular flexibility index (Phi) is 6.48. The molecule has 1 fully saturated rings. The summed E-state index contributed by atoms with van der Waals surface area (Å²) < 4.78 is 14.0. The van der Waals surface area contributed by atoms with Crippen molar-refractivity contribution >= 4 is 0 Å². The van der Waals surface area contributed by atoms with Crippen molar-refractivity contribution in [2.75, 3.05) is 19.6 Å². The molecule has 0 amide bonds. The molecule has 0 radical (unpaired) electrons. The maximum absolute atomic E-state index is 14.0. The molecule has 0 saturated carbocycles. The molecule has 1 aromatic carbocycles. The second-order valence-electron chi connectivity index (χ2n) is 5.79. The van der Waals surface area contributed by atoms with E-state index in [1.807, 2.05) is 12.1 Å². The van der Waals surface area contributed by atoms with Gasteiger partial charge in [-0.2, -0.15) is 0 Å². The van der Waals surface area contributed by atoms with E-state index in [1.165, 1.54) is 31.2 Å². The predicted octanol–water partition coefficient (Wildman–Crippen LogP) is 3.70. The third kappa shape index (κ3) is 4.88. The zero-order chi connectivity index (χ0) is 14.2. The van der Waals surface area contributed by atoms with Crippen LogP contribution >= 0.6 is 0 Å². The lowest BCUT2D eigenvalue weighted by Gasteiger charge is -2.20. The number of hydrogen-bond donors (Lipinski definition) is 1. The van der Waals surface area contributed by atoms with E-state index in [0.717, 1.165) is 44.7 Å². The number of halogens is 1. The van der Waals surface area contributed by atoms with Gasteiger partial charge in [-0.05, 0) is 50.5 Å². The first kappa shape index (κ1) is 15.5. The maximum Gasteiger partial charge on any atom is 0.127 e. The number of nitrogens with zero attached hydrogens (tertiary/aromatic N) is 1. The highest BCUT2D eigenvalue weighted by Gasteiger charge is 2.12. The molecular weight excluding hydrogens is 251 g/mol. The Hall–Kier alpha value is -0.930. The molecule has 0 aromatic heterocycles. The molecule has 1 aromatic rings. The average Bonchev–Trinajstić information content (AvgIpc) is 2.71. The second kappa shape index (κ2) is 8.38. The molecule has 2 rings (SSSR count). The van der Waals surface area contributed by atoms with E-state index in [-0.39, 0.29) is 5.82 Å². The first-order chi connectivity index (χ1) is 9.79. The van der Waals surface area contributed by atoms with Gasteiger partial charge in [-0.15, -0.1) is 0 Å². The second-order valence-corrected chi connectivity index (χ2v) is 5.79. The third-order valence-corrected chi connectivity index (χ3v) is 3.96. The Morgan fingerprint density at radius 1 is 1.15 bits per heavy atom. The van der Waals surface area contributed by atoms with Crippen molar-refractivity contribution in [3.63, 3.8) is 0 Å². The summed E-state index contributed by atoms with van der Waals surface area (Å²) in [5, 5.41) is 3.38. The molecule has 1 saturated heterocycles. The monoisotopic (exact) mass is 278 g/mol. The number of nitrogens with one attached hydrogen (secondary N) is 1. The molecule has 1 heterocycles. The largest absolute Gasteiger partial charge is 0.313 e. The van der Waals surface area contributed by atoms with Gasteiger partial charge in [-0.3, -0.25) is 4.90 Å². The molecule has 1 aliphatic rings. The highest BCUT2D eigenvalue weighted by Crippen LogP contribution is 2.17. The van der Waals surface area contributed by atoms with Crippen molar-refractivity contribution in [3.05, 3.63) is 35.1 Å². The molecule has 1 aliphatic heterocycles. The van der Waals surface area contributed by atoms with Crippen LogP contribution in [-0.4, -0.2) is 24.5 Å². The summed E-state index contributed by atoms with van der Waals surface area (Å²) >= 11 is 0. The van der Waals surface area contributed by atoms with Gasteiger partial charge in [0.2, 0.25) is 0 Å². The van der Waals surface area contributed by atoms with Gasteiger partial charge >= 0.3 is 0 Å². The van der Waals surface area contributed by atoms with Gasteiger partial charge in [0.05, 0.1) is 0 Å². The Labute approximate surface area is 122 Å². The molecule has 2 nitrogen and oxygen atoms in total. The first-order valence-electron chi connectivity index (χ1n) is 8.00. The Bertz CT molecular complexity index is 398. The van der Waals surface area contributed by atoms with Crippen molar-refractivity contribution in [2.45, 2.75) is 52.1 Å². The van der Waals surface area contributed by atoms with Gasteiger partial charge in [-0.1, -0.05) is 31.9 Å². The van der Waals surface area contributed by atoms with Gasteiger partial charge < -0.3 is 5.32 Å². The van der Waals surface area contributed by atoms with E-state index in [9.17, 15) is 4.39 Å². The van der Waals surface area contributed by atoms with Crippen LogP contribution in [0.2, 0.25) is 0 Å². The van der Waals surface area contributed by atoms with Crippen LogP contribution in [-0.2, 0) is 13.1 Å². The molecule has 112 valence electrons. The average molecular weight is 278 g/mol. The zero-order valence-electron chi connectivity index (χ0n) is 12.6. The Balaban J connectivity index is 1.96. The van der Waals surface area contributed by atoms with Crippen LogP contribution in [0.1, 0.15) is 50.2 Å². The summed E-state index contributed by atoms with van der Waals surface area (Å²) in [5.41, 5.74) is 2.03. The Morgan fingerprint density at radius 2 is 1.90 bits per heavy atom. The van der Waals surface area contributed by atoms with Crippen LogP contribution in [0.3, 0.4) is 0 Å². The number of rotatable bonds is 6. The van der Waals surface area contributed by atoms with Gasteiger partial charge in [0.25, 0.3) is 0 Å². The summed E-state index contributed by atoms with van der Waals surface area (Å²) in [5.74, 6) is -0.0616. The zero-order valence-corrected chi connectivity index (χ0v) is 12.6. The minimum atomic E-state index is -0.0616. The van der Waals surface area contributed by atoms with Crippen LogP contribution in [0.25, 0.3) is 0 Å². The van der Waals surface area contributed by atoms with Crippen molar-refractivity contribution in [2.24, 2.45) is 0 Å². The molecule has 3 heteroatoms. The highest BCUT2D eigenvalue weighted by atomic mass is 19.1. The van der Waals surface area contributed by atoms with Crippen LogP contribution in [0, 0.1) is 5.82 Å². The number of hydrogen-bond acceptors (Lipinski definition) is 2. The van der Waals surface area contributed by atoms with Crippen molar-refractivity contribution < 1.29 is 4.39 Å². The van der Waals surface area contributed by atoms with Crippen LogP contribution in [0.15, 0.2) is 18.2 Å². The number of benzene rings is 1. The van der Waals surface area contributed by atoms with E-state index in [4.69, 9.17) is 0 Å². The predicted molar refractivity (Wildman–Crippen MR) is 82.1 cm³/mol. The minimum Gasteiger partial charge on any atom is -0.313 e.